The van der Waals surface area contributed by atoms with Crippen LogP contribution in [0.3, 0.4) is 0 Å². The van der Waals surface area contributed by atoms with E-state index in [0.717, 1.165) is 0 Å². The van der Waals surface area contributed by atoms with Crippen molar-refractivity contribution >= 4 is 12.2 Å². The maximum atomic E-state index is 11.1. The van der Waals surface area contributed by atoms with Crippen molar-refractivity contribution in [2.45, 2.75) is 31.0 Å². The Kier molecular flexibility index (Phi) is 3.39. The molecule has 0 radical (unpaired) electrons. The first-order chi connectivity index (χ1) is 8.37. The third kappa shape index (κ3) is 2.02. The van der Waals surface area contributed by atoms with E-state index in [1.165, 1.54) is 23.8 Å². The smallest absolute Gasteiger partial charge is 0.251 e. The van der Waals surface area contributed by atoms with Gasteiger partial charge in [0, 0.05) is 12.3 Å². The van der Waals surface area contributed by atoms with Crippen LogP contribution in [0, 0.1) is 4.77 Å². The van der Waals surface area contributed by atoms with Gasteiger partial charge in [0.15, 0.2) is 11.0 Å². The molecular weight excluding hydrogens is 260 g/mol. The number of nitrogens with zero attached hydrogens (tertiary/aromatic N) is 1. The number of ether oxygens (including phenoxy) is 1. The summed E-state index contributed by atoms with van der Waals surface area (Å²) >= 11 is 4.96. The highest BCUT2D eigenvalue weighted by Gasteiger charge is 2.52. The number of H-pyrrole nitrogens is 1. The molecule has 1 aromatic heterocycles. The lowest BCUT2D eigenvalue weighted by atomic mass is 9.96. The first kappa shape index (κ1) is 13.4. The predicted molar refractivity (Wildman–Crippen MR) is 63.5 cm³/mol. The van der Waals surface area contributed by atoms with Crippen LogP contribution >= 0.6 is 12.2 Å². The van der Waals surface area contributed by atoms with E-state index >= 15 is 0 Å². The Hall–Kier alpha value is -1.06. The predicted octanol–water partition coefficient (Wildman–Crippen LogP) is -1.09. The van der Waals surface area contributed by atoms with E-state index in [0.29, 0.717) is 0 Å². The molecule has 18 heavy (non-hydrogen) atoms. The minimum Gasteiger partial charge on any atom is -0.394 e. The van der Waals surface area contributed by atoms with Crippen molar-refractivity contribution in [3.63, 3.8) is 0 Å². The zero-order valence-electron chi connectivity index (χ0n) is 9.61. The van der Waals surface area contributed by atoms with Crippen LogP contribution in [0.1, 0.15) is 13.2 Å². The van der Waals surface area contributed by atoms with Crippen LogP contribution in [0.4, 0.5) is 0 Å². The average Bonchev–Trinajstić information content (AvgIpc) is 2.52. The zero-order chi connectivity index (χ0) is 13.5. The molecular formula is C10H14N2O5S. The van der Waals surface area contributed by atoms with Gasteiger partial charge in [0.1, 0.15) is 17.8 Å². The summed E-state index contributed by atoms with van der Waals surface area (Å²) in [5.41, 5.74) is -1.99. The second-order valence-electron chi connectivity index (χ2n) is 4.40. The van der Waals surface area contributed by atoms with Crippen molar-refractivity contribution in [1.82, 2.24) is 9.55 Å². The van der Waals surface area contributed by atoms with Crippen molar-refractivity contribution in [2.24, 2.45) is 0 Å². The standard InChI is InChI=1S/C10H14N2O5S/c1-10(16)7(15)5(4-13)17-8(10)12-3-2-6(14)11-9(12)18/h2-3,5,7-8,13,15-16H,4H2,1H3,(H,11,14,18)/t5-,7+,8-,10?/m1/s1. The van der Waals surface area contributed by atoms with E-state index in [1.807, 2.05) is 0 Å². The second kappa shape index (κ2) is 4.56. The summed E-state index contributed by atoms with van der Waals surface area (Å²) in [5.74, 6) is 0. The quantitative estimate of drug-likeness (QED) is 0.510. The molecule has 1 unspecified atom stereocenters. The van der Waals surface area contributed by atoms with Gasteiger partial charge in [-0.25, -0.2) is 0 Å². The molecule has 7 nitrogen and oxygen atoms in total. The minimum atomic E-state index is -1.62. The van der Waals surface area contributed by atoms with Gasteiger partial charge < -0.3 is 20.1 Å². The highest BCUT2D eigenvalue weighted by Crippen LogP contribution is 2.37. The molecule has 4 N–H and O–H groups in total. The van der Waals surface area contributed by atoms with E-state index in [9.17, 15) is 15.0 Å². The molecule has 1 saturated heterocycles. The van der Waals surface area contributed by atoms with Crippen LogP contribution in [0.2, 0.25) is 0 Å². The van der Waals surface area contributed by atoms with Crippen LogP contribution in [0.5, 0.6) is 0 Å². The van der Waals surface area contributed by atoms with Gasteiger partial charge >= 0.3 is 0 Å². The number of aliphatic hydroxyl groups is 3. The van der Waals surface area contributed by atoms with Gasteiger partial charge in [-0.05, 0) is 19.1 Å². The summed E-state index contributed by atoms with van der Waals surface area (Å²) in [6.45, 7) is 0.954. The SMILES string of the molecule is CC1(O)[C@@H](O)[C@@H](CO)O[C@H]1n1ccc(=O)[nH]c1=S. The van der Waals surface area contributed by atoms with Crippen molar-refractivity contribution in [2.75, 3.05) is 6.61 Å². The number of aliphatic hydroxyl groups excluding tert-OH is 2. The van der Waals surface area contributed by atoms with Crippen molar-refractivity contribution in [1.29, 1.82) is 0 Å². The molecule has 0 amide bonds. The van der Waals surface area contributed by atoms with Crippen molar-refractivity contribution in [3.05, 3.63) is 27.4 Å². The third-order valence-corrected chi connectivity index (χ3v) is 3.35. The zero-order valence-corrected chi connectivity index (χ0v) is 10.4. The molecule has 1 aromatic rings. The van der Waals surface area contributed by atoms with E-state index in [2.05, 4.69) is 4.98 Å². The number of nitrogens with one attached hydrogen (secondary N) is 1. The fourth-order valence-electron chi connectivity index (χ4n) is 2.00. The van der Waals surface area contributed by atoms with E-state index in [4.69, 9.17) is 22.1 Å². The van der Waals surface area contributed by atoms with Crippen LogP contribution in [-0.4, -0.2) is 49.3 Å². The van der Waals surface area contributed by atoms with Gasteiger partial charge in [-0.15, -0.1) is 0 Å². The maximum Gasteiger partial charge on any atom is 0.251 e. The summed E-state index contributed by atoms with van der Waals surface area (Å²) < 4.78 is 6.77. The monoisotopic (exact) mass is 274 g/mol. The average molecular weight is 274 g/mol. The fourth-order valence-corrected chi connectivity index (χ4v) is 2.26. The third-order valence-electron chi connectivity index (χ3n) is 3.04. The van der Waals surface area contributed by atoms with Gasteiger partial charge in [0.2, 0.25) is 0 Å². The molecule has 2 heterocycles. The lowest BCUT2D eigenvalue weighted by molar-refractivity contribution is -0.0979. The minimum absolute atomic E-state index is 0.0681. The highest BCUT2D eigenvalue weighted by molar-refractivity contribution is 7.71. The largest absolute Gasteiger partial charge is 0.394 e. The molecule has 0 bridgehead atoms. The Morgan fingerprint density at radius 2 is 2.33 bits per heavy atom. The lowest BCUT2D eigenvalue weighted by Crippen LogP contribution is -2.44. The van der Waals surface area contributed by atoms with Crippen LogP contribution in [0.15, 0.2) is 17.1 Å². The molecule has 8 heteroatoms. The first-order valence-corrected chi connectivity index (χ1v) is 5.77. The highest BCUT2D eigenvalue weighted by atomic mass is 32.1. The second-order valence-corrected chi connectivity index (χ2v) is 4.78. The number of aromatic amines is 1. The molecule has 0 aromatic carbocycles. The number of hydrogen-bond donors (Lipinski definition) is 4. The number of aromatic nitrogens is 2. The number of rotatable bonds is 2. The van der Waals surface area contributed by atoms with E-state index in [1.54, 1.807) is 0 Å². The summed E-state index contributed by atoms with van der Waals surface area (Å²) in [6, 6.07) is 1.23. The summed E-state index contributed by atoms with van der Waals surface area (Å²) in [4.78, 5) is 13.5. The molecule has 0 spiro atoms. The van der Waals surface area contributed by atoms with Crippen LogP contribution in [0.25, 0.3) is 0 Å². The Labute approximate surface area is 107 Å². The molecule has 100 valence electrons. The summed E-state index contributed by atoms with van der Waals surface area (Å²) in [5, 5.41) is 29.1. The van der Waals surface area contributed by atoms with E-state index in [-0.39, 0.29) is 10.3 Å². The first-order valence-electron chi connectivity index (χ1n) is 5.36. The lowest BCUT2D eigenvalue weighted by Gasteiger charge is -2.27. The molecule has 0 aliphatic carbocycles. The molecule has 2 rings (SSSR count). The molecule has 0 saturated carbocycles. The normalized spacial score (nSPS) is 35.9. The topological polar surface area (TPSA) is 108 Å². The Balaban J connectivity index is 2.45. The van der Waals surface area contributed by atoms with Gasteiger partial charge in [0.05, 0.1) is 6.61 Å². The Bertz CT molecular complexity index is 552. The number of hydrogen-bond acceptors (Lipinski definition) is 6. The molecule has 1 aliphatic rings. The molecule has 4 atom stereocenters. The van der Waals surface area contributed by atoms with Crippen molar-refractivity contribution in [3.8, 4) is 0 Å². The maximum absolute atomic E-state index is 11.1. The van der Waals surface area contributed by atoms with Crippen molar-refractivity contribution < 1.29 is 20.1 Å². The van der Waals surface area contributed by atoms with Gasteiger partial charge in [-0.2, -0.15) is 0 Å². The molecule has 1 fully saturated rings. The fraction of sp³-hybridized carbons (Fsp3) is 0.600. The summed E-state index contributed by atoms with van der Waals surface area (Å²) in [6.07, 6.45) is -1.76. The Morgan fingerprint density at radius 1 is 1.67 bits per heavy atom. The molecule has 1 aliphatic heterocycles. The van der Waals surface area contributed by atoms with E-state index < -0.39 is 30.6 Å². The van der Waals surface area contributed by atoms with Gasteiger partial charge in [-0.1, -0.05) is 0 Å². The summed E-state index contributed by atoms with van der Waals surface area (Å²) in [7, 11) is 0. The van der Waals surface area contributed by atoms with Crippen LogP contribution < -0.4 is 5.56 Å². The van der Waals surface area contributed by atoms with Gasteiger partial charge in [-0.3, -0.25) is 14.3 Å². The van der Waals surface area contributed by atoms with Gasteiger partial charge in [0.25, 0.3) is 5.56 Å². The van der Waals surface area contributed by atoms with Crippen LogP contribution in [-0.2, 0) is 4.74 Å². The Morgan fingerprint density at radius 3 is 2.83 bits per heavy atom.